The highest BCUT2D eigenvalue weighted by molar-refractivity contribution is 6.30. The number of halogens is 1. The van der Waals surface area contributed by atoms with Crippen LogP contribution >= 0.6 is 11.6 Å². The summed E-state index contributed by atoms with van der Waals surface area (Å²) in [6.07, 6.45) is 0. The van der Waals surface area contributed by atoms with Crippen molar-refractivity contribution in [1.29, 1.82) is 0 Å². The molecule has 0 saturated carbocycles. The predicted molar refractivity (Wildman–Crippen MR) is 95.9 cm³/mol. The van der Waals surface area contributed by atoms with Gasteiger partial charge in [0, 0.05) is 41.9 Å². The summed E-state index contributed by atoms with van der Waals surface area (Å²) in [6.45, 7) is 3.47. The molecular formula is C18H18ClN3O3. The highest BCUT2D eigenvalue weighted by Gasteiger charge is 2.29. The quantitative estimate of drug-likeness (QED) is 0.673. The number of nitro benzene ring substituents is 1. The molecule has 0 spiro atoms. The number of piperazine rings is 1. The fourth-order valence-electron chi connectivity index (χ4n) is 3.06. The second-order valence-electron chi connectivity index (χ2n) is 6.03. The second-order valence-corrected chi connectivity index (χ2v) is 6.47. The number of hydrogen-bond acceptors (Lipinski definition) is 4. The van der Waals surface area contributed by atoms with Crippen molar-refractivity contribution in [3.63, 3.8) is 0 Å². The SMILES string of the molecule is Cc1ccc(C(=O)N2CCNCC2c2cccc(Cl)c2)cc1[N+](=O)[O-]. The smallest absolute Gasteiger partial charge is 0.273 e. The number of amides is 1. The summed E-state index contributed by atoms with van der Waals surface area (Å²) >= 11 is 6.08. The summed E-state index contributed by atoms with van der Waals surface area (Å²) in [6, 6.07) is 11.9. The topological polar surface area (TPSA) is 75.5 Å². The average molecular weight is 360 g/mol. The Morgan fingerprint density at radius 2 is 2.12 bits per heavy atom. The standard InChI is InChI=1S/C18H18ClN3O3/c1-12-5-6-14(10-16(12)22(24)25)18(23)21-8-7-20-11-17(21)13-3-2-4-15(19)9-13/h2-6,9-10,17,20H,7-8,11H2,1H3. The zero-order valence-electron chi connectivity index (χ0n) is 13.7. The molecule has 1 fully saturated rings. The van der Waals surface area contributed by atoms with Gasteiger partial charge >= 0.3 is 0 Å². The summed E-state index contributed by atoms with van der Waals surface area (Å²) in [7, 11) is 0. The van der Waals surface area contributed by atoms with Crippen LogP contribution in [0.15, 0.2) is 42.5 Å². The first-order valence-electron chi connectivity index (χ1n) is 7.99. The van der Waals surface area contributed by atoms with Gasteiger partial charge in [-0.2, -0.15) is 0 Å². The van der Waals surface area contributed by atoms with Crippen LogP contribution in [0.4, 0.5) is 5.69 Å². The lowest BCUT2D eigenvalue weighted by Gasteiger charge is -2.36. The molecule has 3 rings (SSSR count). The first kappa shape index (κ1) is 17.4. The monoisotopic (exact) mass is 359 g/mol. The minimum absolute atomic E-state index is 0.0414. The molecule has 7 heteroatoms. The van der Waals surface area contributed by atoms with E-state index in [4.69, 9.17) is 11.6 Å². The minimum atomic E-state index is -0.460. The maximum absolute atomic E-state index is 13.0. The second kappa shape index (κ2) is 7.21. The van der Waals surface area contributed by atoms with Gasteiger partial charge in [-0.3, -0.25) is 14.9 Å². The number of nitrogens with one attached hydrogen (secondary N) is 1. The molecule has 0 aliphatic carbocycles. The van der Waals surface area contributed by atoms with Crippen molar-refractivity contribution >= 4 is 23.2 Å². The molecular weight excluding hydrogens is 342 g/mol. The van der Waals surface area contributed by atoms with E-state index < -0.39 is 4.92 Å². The van der Waals surface area contributed by atoms with E-state index in [0.717, 1.165) is 5.56 Å². The highest BCUT2D eigenvalue weighted by atomic mass is 35.5. The molecule has 0 aromatic heterocycles. The van der Waals surface area contributed by atoms with Gasteiger partial charge in [0.2, 0.25) is 0 Å². The first-order valence-corrected chi connectivity index (χ1v) is 8.37. The molecule has 0 radical (unpaired) electrons. The third-order valence-corrected chi connectivity index (χ3v) is 4.63. The van der Waals surface area contributed by atoms with Gasteiger partial charge in [0.1, 0.15) is 0 Å². The Bertz CT molecular complexity index is 825. The Labute approximate surface area is 150 Å². The van der Waals surface area contributed by atoms with Crippen molar-refractivity contribution in [1.82, 2.24) is 10.2 Å². The number of aryl methyl sites for hydroxylation is 1. The van der Waals surface area contributed by atoms with E-state index >= 15 is 0 Å². The van der Waals surface area contributed by atoms with Crippen LogP contribution in [-0.2, 0) is 0 Å². The molecule has 1 unspecified atom stereocenters. The Morgan fingerprint density at radius 1 is 1.32 bits per heavy atom. The van der Waals surface area contributed by atoms with E-state index in [0.29, 0.717) is 35.8 Å². The number of carbonyl (C=O) groups excluding carboxylic acids is 1. The van der Waals surface area contributed by atoms with E-state index in [1.807, 2.05) is 18.2 Å². The molecule has 1 amide bonds. The summed E-state index contributed by atoms with van der Waals surface area (Å²) in [4.78, 5) is 25.4. The van der Waals surface area contributed by atoms with E-state index in [9.17, 15) is 14.9 Å². The van der Waals surface area contributed by atoms with Crippen molar-refractivity contribution in [2.24, 2.45) is 0 Å². The maximum Gasteiger partial charge on any atom is 0.273 e. The van der Waals surface area contributed by atoms with Gasteiger partial charge in [0.15, 0.2) is 0 Å². The largest absolute Gasteiger partial charge is 0.329 e. The van der Waals surface area contributed by atoms with Crippen LogP contribution in [0.5, 0.6) is 0 Å². The zero-order chi connectivity index (χ0) is 18.0. The lowest BCUT2D eigenvalue weighted by Crippen LogP contribution is -2.48. The lowest BCUT2D eigenvalue weighted by molar-refractivity contribution is -0.385. The number of nitro groups is 1. The molecule has 25 heavy (non-hydrogen) atoms. The summed E-state index contributed by atoms with van der Waals surface area (Å²) < 4.78 is 0. The number of benzene rings is 2. The fourth-order valence-corrected chi connectivity index (χ4v) is 3.26. The Balaban J connectivity index is 1.94. The van der Waals surface area contributed by atoms with Gasteiger partial charge in [-0.15, -0.1) is 0 Å². The van der Waals surface area contributed by atoms with Crippen LogP contribution in [0.1, 0.15) is 27.5 Å². The molecule has 2 aromatic rings. The van der Waals surface area contributed by atoms with Gasteiger partial charge in [0.25, 0.3) is 11.6 Å². The lowest BCUT2D eigenvalue weighted by atomic mass is 10.0. The van der Waals surface area contributed by atoms with Gasteiger partial charge in [0.05, 0.1) is 11.0 Å². The molecule has 130 valence electrons. The zero-order valence-corrected chi connectivity index (χ0v) is 14.5. The van der Waals surface area contributed by atoms with Crippen LogP contribution in [0.2, 0.25) is 5.02 Å². The normalized spacial score (nSPS) is 17.4. The summed E-state index contributed by atoms with van der Waals surface area (Å²) in [5.41, 5.74) is 1.76. The predicted octanol–water partition coefficient (Wildman–Crippen LogP) is 3.34. The van der Waals surface area contributed by atoms with Crippen LogP contribution in [0, 0.1) is 17.0 Å². The maximum atomic E-state index is 13.0. The van der Waals surface area contributed by atoms with E-state index in [2.05, 4.69) is 5.32 Å². The van der Waals surface area contributed by atoms with E-state index in [1.54, 1.807) is 30.0 Å². The van der Waals surface area contributed by atoms with E-state index in [1.165, 1.54) is 6.07 Å². The number of nitrogens with zero attached hydrogens (tertiary/aromatic N) is 2. The van der Waals surface area contributed by atoms with Crippen molar-refractivity contribution in [3.8, 4) is 0 Å². The third kappa shape index (κ3) is 3.65. The summed E-state index contributed by atoms with van der Waals surface area (Å²) in [5, 5.41) is 15.0. The van der Waals surface area contributed by atoms with Gasteiger partial charge in [-0.1, -0.05) is 29.8 Å². The minimum Gasteiger partial charge on any atom is -0.329 e. The van der Waals surface area contributed by atoms with Crippen molar-refractivity contribution < 1.29 is 9.72 Å². The fraction of sp³-hybridized carbons (Fsp3) is 0.278. The molecule has 2 aromatic carbocycles. The van der Waals surface area contributed by atoms with Crippen molar-refractivity contribution in [3.05, 3.63) is 74.3 Å². The number of rotatable bonds is 3. The molecule has 1 heterocycles. The van der Waals surface area contributed by atoms with Crippen molar-refractivity contribution in [2.75, 3.05) is 19.6 Å². The van der Waals surface area contributed by atoms with Crippen LogP contribution in [0.25, 0.3) is 0 Å². The molecule has 6 nitrogen and oxygen atoms in total. The molecule has 1 saturated heterocycles. The number of hydrogen-bond donors (Lipinski definition) is 1. The van der Waals surface area contributed by atoms with Gasteiger partial charge < -0.3 is 10.2 Å². The third-order valence-electron chi connectivity index (χ3n) is 4.39. The van der Waals surface area contributed by atoms with Gasteiger partial charge in [-0.05, 0) is 30.7 Å². The molecule has 1 atom stereocenters. The summed E-state index contributed by atoms with van der Waals surface area (Å²) in [5.74, 6) is -0.213. The molecule has 1 aliphatic rings. The van der Waals surface area contributed by atoms with Gasteiger partial charge in [-0.25, -0.2) is 0 Å². The average Bonchev–Trinajstić information content (AvgIpc) is 2.61. The van der Waals surface area contributed by atoms with Crippen LogP contribution < -0.4 is 5.32 Å². The first-order chi connectivity index (χ1) is 12.0. The number of carbonyl (C=O) groups is 1. The Morgan fingerprint density at radius 3 is 2.84 bits per heavy atom. The Kier molecular flexibility index (Phi) is 5.01. The van der Waals surface area contributed by atoms with E-state index in [-0.39, 0.29) is 17.6 Å². The Hall–Kier alpha value is -2.44. The molecule has 1 aliphatic heterocycles. The van der Waals surface area contributed by atoms with Crippen LogP contribution in [0.3, 0.4) is 0 Å². The van der Waals surface area contributed by atoms with Crippen LogP contribution in [-0.4, -0.2) is 35.4 Å². The van der Waals surface area contributed by atoms with Crippen molar-refractivity contribution in [2.45, 2.75) is 13.0 Å². The molecule has 0 bridgehead atoms. The highest BCUT2D eigenvalue weighted by Crippen LogP contribution is 2.27. The molecule has 1 N–H and O–H groups in total.